The van der Waals surface area contributed by atoms with Crippen LogP contribution in [0.4, 0.5) is 5.69 Å². The number of nitriles is 1. The van der Waals surface area contributed by atoms with Gasteiger partial charge in [0.2, 0.25) is 5.91 Å². The Morgan fingerprint density at radius 3 is 2.50 bits per heavy atom. The second-order valence-electron chi connectivity index (χ2n) is 4.28. The van der Waals surface area contributed by atoms with Crippen LogP contribution in [0.15, 0.2) is 12.1 Å². The molecule has 1 aromatic rings. The lowest BCUT2D eigenvalue weighted by atomic mass is 10.1. The van der Waals surface area contributed by atoms with E-state index in [0.717, 1.165) is 16.8 Å². The van der Waals surface area contributed by atoms with Gasteiger partial charge in [-0.15, -0.1) is 0 Å². The highest BCUT2D eigenvalue weighted by molar-refractivity contribution is 7.99. The van der Waals surface area contributed by atoms with Crippen LogP contribution in [-0.4, -0.2) is 17.4 Å². The third-order valence-corrected chi connectivity index (χ3v) is 3.49. The van der Waals surface area contributed by atoms with Crippen molar-refractivity contribution in [3.63, 3.8) is 0 Å². The third kappa shape index (κ3) is 4.42. The summed E-state index contributed by atoms with van der Waals surface area (Å²) in [5.41, 5.74) is 4.28. The number of benzene rings is 1. The van der Waals surface area contributed by atoms with Crippen molar-refractivity contribution in [2.24, 2.45) is 0 Å². The summed E-state index contributed by atoms with van der Waals surface area (Å²) in [6, 6.07) is 6.18. The topological polar surface area (TPSA) is 52.9 Å². The Kier molecular flexibility index (Phi) is 5.73. The highest BCUT2D eigenvalue weighted by Gasteiger charge is 2.08. The molecule has 3 nitrogen and oxygen atoms in total. The van der Waals surface area contributed by atoms with E-state index in [2.05, 4.69) is 23.5 Å². The molecular weight excluding hydrogens is 244 g/mol. The van der Waals surface area contributed by atoms with Gasteiger partial charge in [-0.1, -0.05) is 17.7 Å². The molecule has 0 bridgehead atoms. The molecule has 1 N–H and O–H groups in total. The number of hydrogen-bond acceptors (Lipinski definition) is 3. The SMILES string of the molecule is Cc1cc(C)c(NC(=O)CSCCC#N)c(C)c1. The first-order chi connectivity index (χ1) is 8.54. The van der Waals surface area contributed by atoms with E-state index in [-0.39, 0.29) is 5.91 Å². The Bertz CT molecular complexity index is 454. The number of carbonyl (C=O) groups excluding carboxylic acids is 1. The van der Waals surface area contributed by atoms with Crippen LogP contribution in [0.5, 0.6) is 0 Å². The van der Waals surface area contributed by atoms with E-state index in [4.69, 9.17) is 5.26 Å². The standard InChI is InChI=1S/C14H18N2OS/c1-10-7-11(2)14(12(3)8-10)16-13(17)9-18-6-4-5-15/h7-8H,4,6,9H2,1-3H3,(H,16,17). The molecular formula is C14H18N2OS. The largest absolute Gasteiger partial charge is 0.325 e. The molecule has 4 heteroatoms. The average molecular weight is 262 g/mol. The molecule has 0 atom stereocenters. The lowest BCUT2D eigenvalue weighted by Gasteiger charge is -2.12. The molecule has 0 aliphatic rings. The summed E-state index contributed by atoms with van der Waals surface area (Å²) in [6.45, 7) is 6.04. The van der Waals surface area contributed by atoms with Crippen LogP contribution in [0.2, 0.25) is 0 Å². The summed E-state index contributed by atoms with van der Waals surface area (Å²) in [6.07, 6.45) is 0.487. The fraction of sp³-hybridized carbons (Fsp3) is 0.429. The van der Waals surface area contributed by atoms with E-state index in [0.29, 0.717) is 17.9 Å². The molecule has 0 unspecified atom stereocenters. The van der Waals surface area contributed by atoms with Gasteiger partial charge in [0.1, 0.15) is 0 Å². The fourth-order valence-electron chi connectivity index (χ4n) is 1.84. The van der Waals surface area contributed by atoms with Gasteiger partial charge < -0.3 is 5.32 Å². The first-order valence-electron chi connectivity index (χ1n) is 5.87. The first-order valence-corrected chi connectivity index (χ1v) is 7.02. The van der Waals surface area contributed by atoms with Crippen LogP contribution in [-0.2, 0) is 4.79 Å². The first kappa shape index (κ1) is 14.6. The Morgan fingerprint density at radius 2 is 1.94 bits per heavy atom. The number of thioether (sulfide) groups is 1. The molecule has 0 radical (unpaired) electrons. The van der Waals surface area contributed by atoms with Crippen molar-refractivity contribution in [2.45, 2.75) is 27.2 Å². The van der Waals surface area contributed by atoms with Crippen molar-refractivity contribution >= 4 is 23.4 Å². The maximum Gasteiger partial charge on any atom is 0.234 e. The molecule has 0 aliphatic carbocycles. The summed E-state index contributed by atoms with van der Waals surface area (Å²) in [5.74, 6) is 1.09. The maximum atomic E-state index is 11.8. The molecule has 0 saturated heterocycles. The van der Waals surface area contributed by atoms with Crippen LogP contribution >= 0.6 is 11.8 Å². The predicted molar refractivity (Wildman–Crippen MR) is 76.8 cm³/mol. The van der Waals surface area contributed by atoms with E-state index in [9.17, 15) is 4.79 Å². The van der Waals surface area contributed by atoms with Crippen molar-refractivity contribution in [3.05, 3.63) is 28.8 Å². The zero-order valence-corrected chi connectivity index (χ0v) is 11.9. The quantitative estimate of drug-likeness (QED) is 0.829. The molecule has 1 rings (SSSR count). The number of amides is 1. The average Bonchev–Trinajstić information content (AvgIpc) is 2.29. The van der Waals surface area contributed by atoms with Crippen LogP contribution in [0.3, 0.4) is 0 Å². The normalized spacial score (nSPS) is 9.89. The van der Waals surface area contributed by atoms with E-state index in [1.54, 1.807) is 0 Å². The third-order valence-electron chi connectivity index (χ3n) is 2.53. The Balaban J connectivity index is 2.57. The molecule has 18 heavy (non-hydrogen) atoms. The molecule has 1 aromatic carbocycles. The van der Waals surface area contributed by atoms with Gasteiger partial charge in [-0.2, -0.15) is 17.0 Å². The number of nitrogens with zero attached hydrogens (tertiary/aromatic N) is 1. The summed E-state index contributed by atoms with van der Waals surface area (Å²) in [5, 5.41) is 11.3. The molecule has 96 valence electrons. The number of hydrogen-bond donors (Lipinski definition) is 1. The van der Waals surface area contributed by atoms with Gasteiger partial charge >= 0.3 is 0 Å². The van der Waals surface area contributed by atoms with E-state index in [1.165, 1.54) is 17.3 Å². The van der Waals surface area contributed by atoms with E-state index in [1.807, 2.05) is 20.8 Å². The molecule has 0 aromatic heterocycles. The van der Waals surface area contributed by atoms with Crippen LogP contribution in [0.1, 0.15) is 23.1 Å². The molecule has 0 aliphatic heterocycles. The summed E-state index contributed by atoms with van der Waals surface area (Å²) < 4.78 is 0. The summed E-state index contributed by atoms with van der Waals surface area (Å²) in [7, 11) is 0. The summed E-state index contributed by atoms with van der Waals surface area (Å²) in [4.78, 5) is 11.8. The minimum absolute atomic E-state index is 0.00649. The predicted octanol–water partition coefficient (Wildman–Crippen LogP) is 3.20. The highest BCUT2D eigenvalue weighted by atomic mass is 32.2. The van der Waals surface area contributed by atoms with Crippen LogP contribution in [0.25, 0.3) is 0 Å². The minimum atomic E-state index is -0.00649. The Morgan fingerprint density at radius 1 is 1.33 bits per heavy atom. The Hall–Kier alpha value is -1.47. The van der Waals surface area contributed by atoms with Crippen molar-refractivity contribution in [3.8, 4) is 6.07 Å². The number of anilines is 1. The van der Waals surface area contributed by atoms with Gasteiger partial charge in [-0.05, 0) is 31.9 Å². The van der Waals surface area contributed by atoms with Gasteiger partial charge in [-0.3, -0.25) is 4.79 Å². The molecule has 1 amide bonds. The molecule has 0 fully saturated rings. The number of aryl methyl sites for hydroxylation is 3. The van der Waals surface area contributed by atoms with Gasteiger partial charge in [0, 0.05) is 17.9 Å². The summed E-state index contributed by atoms with van der Waals surface area (Å²) >= 11 is 1.49. The molecule has 0 spiro atoms. The van der Waals surface area contributed by atoms with Gasteiger partial charge in [0.15, 0.2) is 0 Å². The maximum absolute atomic E-state index is 11.8. The molecule has 0 heterocycles. The number of nitrogens with one attached hydrogen (secondary N) is 1. The van der Waals surface area contributed by atoms with E-state index < -0.39 is 0 Å². The number of carbonyl (C=O) groups is 1. The van der Waals surface area contributed by atoms with E-state index >= 15 is 0 Å². The monoisotopic (exact) mass is 262 g/mol. The Labute approximate surface area is 113 Å². The fourth-order valence-corrected chi connectivity index (χ4v) is 2.47. The lowest BCUT2D eigenvalue weighted by molar-refractivity contribution is -0.113. The highest BCUT2D eigenvalue weighted by Crippen LogP contribution is 2.22. The second-order valence-corrected chi connectivity index (χ2v) is 5.39. The second kappa shape index (κ2) is 7.07. The number of rotatable bonds is 5. The van der Waals surface area contributed by atoms with Gasteiger partial charge in [-0.25, -0.2) is 0 Å². The lowest BCUT2D eigenvalue weighted by Crippen LogP contribution is -2.16. The zero-order valence-electron chi connectivity index (χ0n) is 11.0. The van der Waals surface area contributed by atoms with Gasteiger partial charge in [0.05, 0.1) is 11.8 Å². The minimum Gasteiger partial charge on any atom is -0.325 e. The van der Waals surface area contributed by atoms with Crippen molar-refractivity contribution < 1.29 is 4.79 Å². The zero-order chi connectivity index (χ0) is 13.5. The smallest absolute Gasteiger partial charge is 0.234 e. The molecule has 0 saturated carbocycles. The van der Waals surface area contributed by atoms with Crippen molar-refractivity contribution in [1.82, 2.24) is 0 Å². The van der Waals surface area contributed by atoms with Crippen LogP contribution < -0.4 is 5.32 Å². The van der Waals surface area contributed by atoms with Crippen LogP contribution in [0, 0.1) is 32.1 Å². The van der Waals surface area contributed by atoms with Crippen molar-refractivity contribution in [2.75, 3.05) is 16.8 Å². The van der Waals surface area contributed by atoms with Crippen molar-refractivity contribution in [1.29, 1.82) is 5.26 Å². The van der Waals surface area contributed by atoms with Gasteiger partial charge in [0.25, 0.3) is 0 Å².